The quantitative estimate of drug-likeness (QED) is 0.222. The van der Waals surface area contributed by atoms with Crippen LogP contribution in [0.25, 0.3) is 17.4 Å². The van der Waals surface area contributed by atoms with Gasteiger partial charge >= 0.3 is 0 Å². The van der Waals surface area contributed by atoms with E-state index >= 15 is 0 Å². The average molecular weight is 433 g/mol. The molecule has 8 nitrogen and oxygen atoms in total. The average Bonchev–Trinajstić information content (AvgIpc) is 3.28. The van der Waals surface area contributed by atoms with Gasteiger partial charge in [0.15, 0.2) is 0 Å². The zero-order valence-corrected chi connectivity index (χ0v) is 17.5. The number of nitro groups is 1. The second-order valence-electron chi connectivity index (χ2n) is 7.00. The Morgan fingerprint density at radius 2 is 1.84 bits per heavy atom. The van der Waals surface area contributed by atoms with Gasteiger partial charge in [0.2, 0.25) is 0 Å². The Bertz CT molecular complexity index is 1140. The van der Waals surface area contributed by atoms with Crippen LogP contribution < -0.4 is 10.6 Å². The van der Waals surface area contributed by atoms with Crippen molar-refractivity contribution < 1.29 is 18.9 Å². The molecule has 32 heavy (non-hydrogen) atoms. The summed E-state index contributed by atoms with van der Waals surface area (Å²) in [5, 5.41) is 16.4. The molecule has 0 aliphatic heterocycles. The molecule has 0 saturated heterocycles. The van der Waals surface area contributed by atoms with Crippen molar-refractivity contribution in [2.24, 2.45) is 0 Å². The van der Waals surface area contributed by atoms with Crippen LogP contribution in [0.4, 0.5) is 5.69 Å². The van der Waals surface area contributed by atoms with Crippen molar-refractivity contribution in [2.75, 3.05) is 6.54 Å². The smallest absolute Gasteiger partial charge is 0.270 e. The van der Waals surface area contributed by atoms with E-state index in [-0.39, 0.29) is 11.4 Å². The van der Waals surface area contributed by atoms with E-state index in [9.17, 15) is 19.7 Å². The van der Waals surface area contributed by atoms with E-state index in [1.807, 2.05) is 6.92 Å². The maximum Gasteiger partial charge on any atom is 0.270 e. The number of carbonyl (C=O) groups is 2. The van der Waals surface area contributed by atoms with Crippen LogP contribution in [0.1, 0.15) is 35.9 Å². The van der Waals surface area contributed by atoms with Crippen LogP contribution >= 0.6 is 0 Å². The molecule has 164 valence electrons. The lowest BCUT2D eigenvalue weighted by Gasteiger charge is -2.10. The molecule has 0 bridgehead atoms. The third kappa shape index (κ3) is 5.91. The minimum Gasteiger partial charge on any atom is -0.457 e. The van der Waals surface area contributed by atoms with Crippen LogP contribution in [0.5, 0.6) is 0 Å². The molecule has 0 spiro atoms. The molecule has 1 heterocycles. The second kappa shape index (κ2) is 10.7. The molecule has 0 aliphatic carbocycles. The number of furan rings is 1. The van der Waals surface area contributed by atoms with Crippen molar-refractivity contribution >= 4 is 23.6 Å². The first kappa shape index (κ1) is 22.5. The van der Waals surface area contributed by atoms with Gasteiger partial charge in [-0.1, -0.05) is 43.7 Å². The lowest BCUT2D eigenvalue weighted by Crippen LogP contribution is -2.35. The minimum atomic E-state index is -0.481. The second-order valence-corrected chi connectivity index (χ2v) is 7.00. The first-order valence-electron chi connectivity index (χ1n) is 10.2. The highest BCUT2D eigenvalue weighted by Gasteiger charge is 2.16. The predicted molar refractivity (Wildman–Crippen MR) is 121 cm³/mol. The molecule has 0 aliphatic rings. The van der Waals surface area contributed by atoms with Crippen molar-refractivity contribution in [1.29, 1.82) is 0 Å². The third-order valence-corrected chi connectivity index (χ3v) is 4.60. The predicted octanol–water partition coefficient (Wildman–Crippen LogP) is 4.54. The van der Waals surface area contributed by atoms with Gasteiger partial charge in [0.25, 0.3) is 17.5 Å². The lowest BCUT2D eigenvalue weighted by atomic mass is 10.1. The highest BCUT2D eigenvalue weighted by Crippen LogP contribution is 2.26. The molecule has 0 radical (unpaired) electrons. The van der Waals surface area contributed by atoms with E-state index in [0.29, 0.717) is 29.2 Å². The number of hydrogen-bond acceptors (Lipinski definition) is 5. The summed E-state index contributed by atoms with van der Waals surface area (Å²) in [6, 6.07) is 17.9. The van der Waals surface area contributed by atoms with Crippen LogP contribution in [0.15, 0.2) is 76.8 Å². The summed E-state index contributed by atoms with van der Waals surface area (Å²) in [4.78, 5) is 35.8. The first-order chi connectivity index (χ1) is 15.5. The zero-order chi connectivity index (χ0) is 22.9. The van der Waals surface area contributed by atoms with E-state index in [0.717, 1.165) is 12.8 Å². The Hall–Kier alpha value is -4.20. The number of non-ortho nitro benzene ring substituents is 1. The normalized spacial score (nSPS) is 11.1. The molecule has 8 heteroatoms. The van der Waals surface area contributed by atoms with Gasteiger partial charge in [-0.05, 0) is 30.7 Å². The molecule has 2 amide bonds. The van der Waals surface area contributed by atoms with Gasteiger partial charge in [0.05, 0.1) is 4.92 Å². The standard InChI is InChI=1S/C24H23N3O5/c1-2-3-14-25-24(29)21(26-23(28)17-8-5-4-6-9-17)16-20-12-13-22(32-20)18-10-7-11-19(15-18)27(30)31/h4-13,15-16H,2-3,14H2,1H3,(H,25,29)(H,26,28)/b21-16-. The summed E-state index contributed by atoms with van der Waals surface area (Å²) in [7, 11) is 0. The summed E-state index contributed by atoms with van der Waals surface area (Å²) in [6.07, 6.45) is 3.16. The van der Waals surface area contributed by atoms with E-state index in [1.165, 1.54) is 18.2 Å². The number of amides is 2. The monoisotopic (exact) mass is 433 g/mol. The Balaban J connectivity index is 1.86. The first-order valence-corrected chi connectivity index (χ1v) is 10.2. The molecule has 0 saturated carbocycles. The molecule has 1 aromatic heterocycles. The molecular formula is C24H23N3O5. The zero-order valence-electron chi connectivity index (χ0n) is 17.5. The van der Waals surface area contributed by atoms with E-state index in [4.69, 9.17) is 4.42 Å². The number of carbonyl (C=O) groups excluding carboxylic acids is 2. The molecule has 0 fully saturated rings. The molecule has 2 aromatic carbocycles. The van der Waals surface area contributed by atoms with Crippen molar-refractivity contribution in [2.45, 2.75) is 19.8 Å². The number of nitrogens with zero attached hydrogens (tertiary/aromatic N) is 1. The summed E-state index contributed by atoms with van der Waals surface area (Å²) in [6.45, 7) is 2.49. The highest BCUT2D eigenvalue weighted by atomic mass is 16.6. The fourth-order valence-electron chi connectivity index (χ4n) is 2.92. The fourth-order valence-corrected chi connectivity index (χ4v) is 2.92. The van der Waals surface area contributed by atoms with Gasteiger partial charge in [-0.15, -0.1) is 0 Å². The van der Waals surface area contributed by atoms with E-state index in [1.54, 1.807) is 54.6 Å². The van der Waals surface area contributed by atoms with Gasteiger partial charge < -0.3 is 15.1 Å². The number of nitro benzene ring substituents is 1. The maximum absolute atomic E-state index is 12.7. The molecule has 3 rings (SSSR count). The number of nitrogens with one attached hydrogen (secondary N) is 2. The molecule has 0 atom stereocenters. The summed E-state index contributed by atoms with van der Waals surface area (Å²) in [5.74, 6) is -0.135. The van der Waals surface area contributed by atoms with E-state index in [2.05, 4.69) is 10.6 Å². The topological polar surface area (TPSA) is 114 Å². The summed E-state index contributed by atoms with van der Waals surface area (Å²) >= 11 is 0. The summed E-state index contributed by atoms with van der Waals surface area (Å²) < 4.78 is 5.77. The third-order valence-electron chi connectivity index (χ3n) is 4.60. The highest BCUT2D eigenvalue weighted by molar-refractivity contribution is 6.05. The van der Waals surface area contributed by atoms with Crippen molar-refractivity contribution in [3.63, 3.8) is 0 Å². The van der Waals surface area contributed by atoms with Crippen LogP contribution in [-0.2, 0) is 4.79 Å². The van der Waals surface area contributed by atoms with Gasteiger partial charge in [0, 0.05) is 35.9 Å². The number of hydrogen-bond donors (Lipinski definition) is 2. The van der Waals surface area contributed by atoms with E-state index < -0.39 is 16.7 Å². The van der Waals surface area contributed by atoms with Crippen LogP contribution in [0.3, 0.4) is 0 Å². The Kier molecular flexibility index (Phi) is 7.53. The van der Waals surface area contributed by atoms with Crippen molar-refractivity contribution in [1.82, 2.24) is 10.6 Å². The number of benzene rings is 2. The Morgan fingerprint density at radius 1 is 1.06 bits per heavy atom. The van der Waals surface area contributed by atoms with Gasteiger partial charge in [0.1, 0.15) is 17.2 Å². The molecule has 0 unspecified atom stereocenters. The number of unbranched alkanes of at least 4 members (excludes halogenated alkanes) is 1. The summed E-state index contributed by atoms with van der Waals surface area (Å²) in [5.41, 5.74) is 0.926. The van der Waals surface area contributed by atoms with Crippen LogP contribution in [-0.4, -0.2) is 23.3 Å². The largest absolute Gasteiger partial charge is 0.457 e. The Morgan fingerprint density at radius 3 is 2.56 bits per heavy atom. The number of rotatable bonds is 9. The molecule has 2 N–H and O–H groups in total. The van der Waals surface area contributed by atoms with Crippen molar-refractivity contribution in [3.05, 3.63) is 93.9 Å². The van der Waals surface area contributed by atoms with Crippen molar-refractivity contribution in [3.8, 4) is 11.3 Å². The SMILES string of the molecule is CCCCNC(=O)/C(=C/c1ccc(-c2cccc([N+](=O)[O-])c2)o1)NC(=O)c1ccccc1. The van der Waals surface area contributed by atoms with Crippen LogP contribution in [0, 0.1) is 10.1 Å². The lowest BCUT2D eigenvalue weighted by molar-refractivity contribution is -0.384. The fraction of sp³-hybridized carbons (Fsp3) is 0.167. The molecular weight excluding hydrogens is 410 g/mol. The van der Waals surface area contributed by atoms with Gasteiger partial charge in [-0.25, -0.2) is 0 Å². The maximum atomic E-state index is 12.7. The minimum absolute atomic E-state index is 0.0369. The van der Waals surface area contributed by atoms with Gasteiger partial charge in [-0.3, -0.25) is 19.7 Å². The van der Waals surface area contributed by atoms with Gasteiger partial charge in [-0.2, -0.15) is 0 Å². The molecule has 3 aromatic rings. The van der Waals surface area contributed by atoms with Crippen LogP contribution in [0.2, 0.25) is 0 Å². The Labute approximate surface area is 185 Å².